The lowest BCUT2D eigenvalue weighted by Gasteiger charge is -2.15. The fourth-order valence-corrected chi connectivity index (χ4v) is 1.84. The third-order valence-corrected chi connectivity index (χ3v) is 2.97. The molecule has 0 bridgehead atoms. The van der Waals surface area contributed by atoms with Crippen molar-refractivity contribution in [3.05, 3.63) is 0 Å². The van der Waals surface area contributed by atoms with Gasteiger partial charge in [0.2, 0.25) is 0 Å². The summed E-state index contributed by atoms with van der Waals surface area (Å²) >= 11 is 0.804. The topological polar surface area (TPSA) is 115 Å². The van der Waals surface area contributed by atoms with E-state index in [9.17, 15) is 14.7 Å². The normalized spacial score (nSPS) is 16.7. The average molecular weight is 238 g/mol. The number of thioether (sulfide) groups is 1. The van der Waals surface area contributed by atoms with E-state index in [2.05, 4.69) is 0 Å². The third kappa shape index (κ3) is 6.32. The molecule has 88 valence electrons. The van der Waals surface area contributed by atoms with E-state index in [4.69, 9.17) is 15.3 Å². The first-order chi connectivity index (χ1) is 6.84. The Hall–Kier alpha value is -0.790. The molecule has 0 saturated heterocycles. The molecule has 0 aromatic carbocycles. The lowest BCUT2D eigenvalue weighted by molar-refractivity contribution is -0.142. The summed E-state index contributed by atoms with van der Waals surface area (Å²) in [6.07, 6.45) is -2.52. The van der Waals surface area contributed by atoms with Crippen molar-refractivity contribution in [1.82, 2.24) is 0 Å². The lowest BCUT2D eigenvalue weighted by atomic mass is 10.3. The minimum absolute atomic E-state index is 0.0120. The predicted octanol–water partition coefficient (Wildman–Crippen LogP) is -0.611. The average Bonchev–Trinajstić information content (AvgIpc) is 2.10. The highest BCUT2D eigenvalue weighted by Gasteiger charge is 2.23. The zero-order valence-electron chi connectivity index (χ0n) is 8.16. The largest absolute Gasteiger partial charge is 0.481 e. The molecule has 4 N–H and O–H groups in total. The van der Waals surface area contributed by atoms with Gasteiger partial charge in [0.15, 0.2) is 0 Å². The molecule has 0 aliphatic carbocycles. The van der Waals surface area contributed by atoms with E-state index in [1.54, 1.807) is 0 Å². The van der Waals surface area contributed by atoms with Crippen LogP contribution in [0.15, 0.2) is 0 Å². The van der Waals surface area contributed by atoms with Crippen LogP contribution < -0.4 is 0 Å². The molecule has 3 unspecified atom stereocenters. The Bertz CT molecular complexity index is 229. The Balaban J connectivity index is 4.07. The Morgan fingerprint density at radius 3 is 2.13 bits per heavy atom. The molecule has 0 amide bonds. The van der Waals surface area contributed by atoms with Crippen LogP contribution in [0.5, 0.6) is 0 Å². The van der Waals surface area contributed by atoms with Gasteiger partial charge in [0.1, 0.15) is 5.25 Å². The molecule has 0 spiro atoms. The van der Waals surface area contributed by atoms with Crippen LogP contribution in [-0.4, -0.2) is 55.6 Å². The molecular weight excluding hydrogens is 224 g/mol. The van der Waals surface area contributed by atoms with E-state index in [1.165, 1.54) is 6.92 Å². The van der Waals surface area contributed by atoms with E-state index in [-0.39, 0.29) is 5.75 Å². The summed E-state index contributed by atoms with van der Waals surface area (Å²) < 4.78 is 0. The summed E-state index contributed by atoms with van der Waals surface area (Å²) in [4.78, 5) is 20.9. The van der Waals surface area contributed by atoms with Crippen LogP contribution in [0.1, 0.15) is 13.3 Å². The van der Waals surface area contributed by atoms with Crippen LogP contribution in [0.2, 0.25) is 0 Å². The van der Waals surface area contributed by atoms with Crippen molar-refractivity contribution in [2.45, 2.75) is 30.8 Å². The van der Waals surface area contributed by atoms with Gasteiger partial charge in [-0.1, -0.05) is 0 Å². The van der Waals surface area contributed by atoms with Crippen molar-refractivity contribution < 1.29 is 30.0 Å². The summed E-state index contributed by atoms with van der Waals surface area (Å²) in [6, 6.07) is 0. The van der Waals surface area contributed by atoms with Gasteiger partial charge in [-0.05, 0) is 6.92 Å². The number of hydrogen-bond acceptors (Lipinski definition) is 5. The van der Waals surface area contributed by atoms with Crippen molar-refractivity contribution in [2.24, 2.45) is 0 Å². The minimum atomic E-state index is -1.24. The molecule has 0 aromatic rings. The van der Waals surface area contributed by atoms with Crippen LogP contribution in [-0.2, 0) is 9.59 Å². The molecular formula is C8H14O6S. The zero-order valence-corrected chi connectivity index (χ0v) is 8.98. The van der Waals surface area contributed by atoms with E-state index < -0.39 is 35.8 Å². The predicted molar refractivity (Wildman–Crippen MR) is 53.8 cm³/mol. The van der Waals surface area contributed by atoms with Crippen LogP contribution in [0.3, 0.4) is 0 Å². The van der Waals surface area contributed by atoms with E-state index in [1.807, 2.05) is 0 Å². The molecule has 0 radical (unpaired) electrons. The zero-order chi connectivity index (χ0) is 12.0. The van der Waals surface area contributed by atoms with Crippen molar-refractivity contribution in [2.75, 3.05) is 5.75 Å². The first kappa shape index (κ1) is 14.2. The van der Waals surface area contributed by atoms with Crippen LogP contribution in [0.25, 0.3) is 0 Å². The maximum Gasteiger partial charge on any atom is 0.317 e. The standard InChI is InChI=1S/C8H14O6S/c1-4(9)5(10)3-15-6(8(13)14)2-7(11)12/h4-6,9-10H,2-3H2,1H3,(H,11,12)(H,13,14). The molecule has 6 nitrogen and oxygen atoms in total. The van der Waals surface area contributed by atoms with Gasteiger partial charge in [0, 0.05) is 5.75 Å². The summed E-state index contributed by atoms with van der Waals surface area (Å²) in [7, 11) is 0. The highest BCUT2D eigenvalue weighted by Crippen LogP contribution is 2.17. The molecule has 0 fully saturated rings. The Labute approximate surface area is 90.9 Å². The van der Waals surface area contributed by atoms with E-state index in [0.717, 1.165) is 11.8 Å². The van der Waals surface area contributed by atoms with Crippen molar-refractivity contribution in [3.8, 4) is 0 Å². The minimum Gasteiger partial charge on any atom is -0.481 e. The number of carboxylic acids is 2. The fraction of sp³-hybridized carbons (Fsp3) is 0.750. The number of aliphatic carboxylic acids is 2. The van der Waals surface area contributed by atoms with Gasteiger partial charge in [-0.25, -0.2) is 0 Å². The number of rotatable bonds is 7. The SMILES string of the molecule is CC(O)C(O)CSC(CC(=O)O)C(=O)O. The van der Waals surface area contributed by atoms with Gasteiger partial charge in [0.25, 0.3) is 0 Å². The third-order valence-electron chi connectivity index (χ3n) is 1.66. The lowest BCUT2D eigenvalue weighted by Crippen LogP contribution is -2.28. The Morgan fingerprint density at radius 1 is 1.27 bits per heavy atom. The van der Waals surface area contributed by atoms with Crippen LogP contribution in [0, 0.1) is 0 Å². The molecule has 7 heteroatoms. The maximum absolute atomic E-state index is 10.6. The molecule has 0 heterocycles. The molecule has 0 rings (SSSR count). The quantitative estimate of drug-likeness (QED) is 0.467. The first-order valence-electron chi connectivity index (χ1n) is 4.27. The second kappa shape index (κ2) is 6.65. The number of carbonyl (C=O) groups is 2. The number of aliphatic hydroxyl groups excluding tert-OH is 2. The molecule has 0 aliphatic heterocycles. The van der Waals surface area contributed by atoms with E-state index >= 15 is 0 Å². The second-order valence-corrected chi connectivity index (χ2v) is 4.30. The number of aliphatic hydroxyl groups is 2. The first-order valence-corrected chi connectivity index (χ1v) is 5.31. The monoisotopic (exact) mass is 238 g/mol. The van der Waals surface area contributed by atoms with Gasteiger partial charge in [-0.15, -0.1) is 11.8 Å². The van der Waals surface area contributed by atoms with Gasteiger partial charge >= 0.3 is 11.9 Å². The molecule has 0 aromatic heterocycles. The van der Waals surface area contributed by atoms with Crippen molar-refractivity contribution in [1.29, 1.82) is 0 Å². The van der Waals surface area contributed by atoms with Crippen molar-refractivity contribution >= 4 is 23.7 Å². The summed E-state index contributed by atoms with van der Waals surface area (Å²) in [5.74, 6) is -2.45. The van der Waals surface area contributed by atoms with Gasteiger partial charge in [0.05, 0.1) is 18.6 Å². The highest BCUT2D eigenvalue weighted by atomic mass is 32.2. The van der Waals surface area contributed by atoms with Crippen molar-refractivity contribution in [3.63, 3.8) is 0 Å². The smallest absolute Gasteiger partial charge is 0.317 e. The summed E-state index contributed by atoms with van der Waals surface area (Å²) in [5, 5.41) is 34.1. The summed E-state index contributed by atoms with van der Waals surface area (Å²) in [6.45, 7) is 1.37. The maximum atomic E-state index is 10.6. The van der Waals surface area contributed by atoms with E-state index in [0.29, 0.717) is 0 Å². The highest BCUT2D eigenvalue weighted by molar-refractivity contribution is 8.00. The molecule has 15 heavy (non-hydrogen) atoms. The molecule has 3 atom stereocenters. The fourth-order valence-electron chi connectivity index (χ4n) is 0.730. The molecule has 0 aliphatic rings. The number of carboxylic acid groups (broad SMARTS) is 2. The van der Waals surface area contributed by atoms with Gasteiger partial charge in [-0.2, -0.15) is 0 Å². The van der Waals surface area contributed by atoms with Gasteiger partial charge < -0.3 is 20.4 Å². The second-order valence-electron chi connectivity index (χ2n) is 3.07. The Kier molecular flexibility index (Phi) is 6.30. The van der Waals surface area contributed by atoms with Gasteiger partial charge in [-0.3, -0.25) is 9.59 Å². The van der Waals surface area contributed by atoms with Crippen LogP contribution >= 0.6 is 11.8 Å². The van der Waals surface area contributed by atoms with Crippen LogP contribution in [0.4, 0.5) is 0 Å². The Morgan fingerprint density at radius 2 is 1.80 bits per heavy atom. The molecule has 0 saturated carbocycles. The summed E-state index contributed by atoms with van der Waals surface area (Å²) in [5.41, 5.74) is 0. The number of hydrogen-bond donors (Lipinski definition) is 4.